The van der Waals surface area contributed by atoms with Crippen LogP contribution < -0.4 is 4.89 Å². The van der Waals surface area contributed by atoms with E-state index in [9.17, 15) is 14.3 Å². The minimum Gasteiger partial charge on any atom is -0.756 e. The van der Waals surface area contributed by atoms with E-state index in [1.807, 2.05) is 21.1 Å². The van der Waals surface area contributed by atoms with Crippen molar-refractivity contribution in [1.29, 1.82) is 0 Å². The molecule has 0 aromatic rings. The van der Waals surface area contributed by atoms with Gasteiger partial charge >= 0.3 is 5.97 Å². The van der Waals surface area contributed by atoms with Gasteiger partial charge in [-0.05, 0) is 77.0 Å². The first-order valence-corrected chi connectivity index (χ1v) is 27.8. The van der Waals surface area contributed by atoms with Gasteiger partial charge in [0.05, 0.1) is 34.4 Å². The Labute approximate surface area is 390 Å². The quantitative estimate of drug-likeness (QED) is 0.0197. The second kappa shape index (κ2) is 47.0. The summed E-state index contributed by atoms with van der Waals surface area (Å²) in [5.74, 6) is -0.346. The number of carbonyl (C=O) groups excluding carboxylic acids is 1. The molecule has 0 saturated carbocycles. The summed E-state index contributed by atoms with van der Waals surface area (Å²) in [6.07, 6.45) is 58.6. The van der Waals surface area contributed by atoms with Gasteiger partial charge in [0.25, 0.3) is 7.82 Å². The average Bonchev–Trinajstić information content (AvgIpc) is 3.24. The Morgan fingerprint density at radius 3 is 1.32 bits per heavy atom. The van der Waals surface area contributed by atoms with Crippen molar-refractivity contribution in [2.45, 2.75) is 238 Å². The molecule has 2 unspecified atom stereocenters. The Kier molecular flexibility index (Phi) is 45.8. The number of quaternary nitrogens is 1. The fourth-order valence-corrected chi connectivity index (χ4v) is 7.98. The van der Waals surface area contributed by atoms with Gasteiger partial charge in [0.15, 0.2) is 0 Å². The first-order valence-electron chi connectivity index (χ1n) is 26.4. The lowest BCUT2D eigenvalue weighted by molar-refractivity contribution is -0.870. The van der Waals surface area contributed by atoms with Gasteiger partial charge in [-0.15, -0.1) is 0 Å². The molecule has 0 aliphatic carbocycles. The van der Waals surface area contributed by atoms with Crippen LogP contribution >= 0.6 is 7.82 Å². The maximum atomic E-state index is 12.7. The second-order valence-corrected chi connectivity index (χ2v) is 20.3. The minimum absolute atomic E-state index is 0.0227. The number of hydrogen-bond acceptors (Lipinski definition) is 7. The van der Waals surface area contributed by atoms with Crippen molar-refractivity contribution in [3.63, 3.8) is 0 Å². The lowest BCUT2D eigenvalue weighted by Crippen LogP contribution is -2.37. The predicted molar refractivity (Wildman–Crippen MR) is 268 cm³/mol. The monoisotopic (exact) mass is 908 g/mol. The van der Waals surface area contributed by atoms with Crippen molar-refractivity contribution < 1.29 is 37.3 Å². The van der Waals surface area contributed by atoms with Crippen molar-refractivity contribution in [3.8, 4) is 0 Å². The number of carbonyl (C=O) groups is 1. The third-order valence-electron chi connectivity index (χ3n) is 11.4. The van der Waals surface area contributed by atoms with E-state index in [1.54, 1.807) is 0 Å². The molecule has 0 spiro atoms. The Morgan fingerprint density at radius 1 is 0.492 bits per heavy atom. The molecule has 8 nitrogen and oxygen atoms in total. The van der Waals surface area contributed by atoms with Crippen LogP contribution in [-0.2, 0) is 27.9 Å². The van der Waals surface area contributed by atoms with Gasteiger partial charge < -0.3 is 27.9 Å². The molecular weight excluding hydrogens is 806 g/mol. The summed E-state index contributed by atoms with van der Waals surface area (Å²) in [7, 11) is 1.35. The van der Waals surface area contributed by atoms with Crippen molar-refractivity contribution in [2.75, 3.05) is 54.1 Å². The molecule has 0 aliphatic rings. The highest BCUT2D eigenvalue weighted by molar-refractivity contribution is 7.45. The van der Waals surface area contributed by atoms with Crippen LogP contribution in [0, 0.1) is 0 Å². The standard InChI is InChI=1S/C54H102NO7P/c1-6-8-10-12-14-16-18-20-22-23-24-25-26-27-28-29-30-31-32-34-36-38-40-42-44-46-49-59-51-53(52-61-63(57,58)60-50-48-55(3,4)5)62-54(56)47-45-43-41-39-37-35-33-21-19-17-15-13-11-9-7-2/h15,17-18,20-21,23-24,33,53H,6-14,16,19,22,25-32,34-52H2,1-5H3/b17-15-,20-18-,24-23-,33-21-. The fraction of sp³-hybridized carbons (Fsp3) is 0.833. The zero-order valence-electron chi connectivity index (χ0n) is 42.0. The fourth-order valence-electron chi connectivity index (χ4n) is 7.25. The number of ether oxygens (including phenoxy) is 2. The van der Waals surface area contributed by atoms with Crippen molar-refractivity contribution in [1.82, 2.24) is 0 Å². The molecule has 0 fully saturated rings. The third-order valence-corrected chi connectivity index (χ3v) is 12.3. The molecule has 0 amide bonds. The number of allylic oxidation sites excluding steroid dienone is 8. The maximum Gasteiger partial charge on any atom is 0.306 e. The minimum atomic E-state index is -4.53. The van der Waals surface area contributed by atoms with E-state index in [4.69, 9.17) is 18.5 Å². The molecule has 0 aromatic heterocycles. The highest BCUT2D eigenvalue weighted by Gasteiger charge is 2.20. The lowest BCUT2D eigenvalue weighted by Gasteiger charge is -2.28. The van der Waals surface area contributed by atoms with Crippen LogP contribution in [-0.4, -0.2) is 70.7 Å². The number of esters is 1. The molecule has 0 aromatic carbocycles. The second-order valence-electron chi connectivity index (χ2n) is 18.9. The molecule has 0 rings (SSSR count). The van der Waals surface area contributed by atoms with Gasteiger partial charge in [0, 0.05) is 13.0 Å². The highest BCUT2D eigenvalue weighted by Crippen LogP contribution is 2.38. The van der Waals surface area contributed by atoms with Crippen LogP contribution in [0.15, 0.2) is 48.6 Å². The number of unbranched alkanes of at least 4 members (excludes halogenated alkanes) is 27. The molecule has 0 N–H and O–H groups in total. The van der Waals surface area contributed by atoms with Gasteiger partial charge in [-0.1, -0.05) is 197 Å². The summed E-state index contributed by atoms with van der Waals surface area (Å²) in [6, 6.07) is 0. The molecule has 0 heterocycles. The smallest absolute Gasteiger partial charge is 0.306 e. The van der Waals surface area contributed by atoms with E-state index in [-0.39, 0.29) is 25.8 Å². The van der Waals surface area contributed by atoms with Crippen molar-refractivity contribution in [3.05, 3.63) is 48.6 Å². The average molecular weight is 908 g/mol. The molecule has 9 heteroatoms. The first kappa shape index (κ1) is 61.5. The van der Waals surface area contributed by atoms with E-state index in [0.29, 0.717) is 24.1 Å². The summed E-state index contributed by atoms with van der Waals surface area (Å²) in [5, 5.41) is 0. The zero-order valence-corrected chi connectivity index (χ0v) is 42.9. The van der Waals surface area contributed by atoms with Crippen molar-refractivity contribution in [2.24, 2.45) is 0 Å². The molecule has 370 valence electrons. The first-order chi connectivity index (χ1) is 30.6. The van der Waals surface area contributed by atoms with Gasteiger partial charge in [-0.3, -0.25) is 9.36 Å². The summed E-state index contributed by atoms with van der Waals surface area (Å²) in [4.78, 5) is 25.1. The number of hydrogen-bond donors (Lipinski definition) is 0. The van der Waals surface area contributed by atoms with Crippen LogP contribution in [0.1, 0.15) is 232 Å². The normalized spacial score (nSPS) is 13.9. The van der Waals surface area contributed by atoms with Crippen LogP contribution in [0.5, 0.6) is 0 Å². The van der Waals surface area contributed by atoms with Gasteiger partial charge in [-0.25, -0.2) is 0 Å². The molecule has 0 radical (unpaired) electrons. The van der Waals surface area contributed by atoms with Crippen LogP contribution in [0.25, 0.3) is 0 Å². The van der Waals surface area contributed by atoms with Crippen LogP contribution in [0.3, 0.4) is 0 Å². The Morgan fingerprint density at radius 2 is 0.873 bits per heavy atom. The summed E-state index contributed by atoms with van der Waals surface area (Å²) in [5.41, 5.74) is 0. The Bertz CT molecular complexity index is 1150. The van der Waals surface area contributed by atoms with Crippen LogP contribution in [0.4, 0.5) is 0 Å². The zero-order chi connectivity index (χ0) is 46.2. The van der Waals surface area contributed by atoms with E-state index in [0.717, 1.165) is 64.2 Å². The summed E-state index contributed by atoms with van der Waals surface area (Å²) >= 11 is 0. The summed E-state index contributed by atoms with van der Waals surface area (Å²) in [6.45, 7) is 5.38. The number of nitrogens with zero attached hydrogens (tertiary/aromatic N) is 1. The lowest BCUT2D eigenvalue weighted by atomic mass is 10.0. The molecule has 63 heavy (non-hydrogen) atoms. The van der Waals surface area contributed by atoms with E-state index in [2.05, 4.69) is 62.5 Å². The van der Waals surface area contributed by atoms with E-state index >= 15 is 0 Å². The number of phosphoric ester groups is 1. The molecule has 2 atom stereocenters. The Hall–Kier alpha value is -1.54. The molecular formula is C54H102NO7P. The van der Waals surface area contributed by atoms with E-state index in [1.165, 1.54) is 148 Å². The predicted octanol–water partition coefficient (Wildman–Crippen LogP) is 15.7. The van der Waals surface area contributed by atoms with Crippen molar-refractivity contribution >= 4 is 13.8 Å². The third kappa shape index (κ3) is 51.3. The largest absolute Gasteiger partial charge is 0.756 e. The maximum absolute atomic E-state index is 12.7. The number of rotatable bonds is 49. The van der Waals surface area contributed by atoms with Gasteiger partial charge in [0.2, 0.25) is 0 Å². The molecule has 0 bridgehead atoms. The topological polar surface area (TPSA) is 94.1 Å². The number of likely N-dealkylation sites (N-methyl/N-ethyl adjacent to an activating group) is 1. The SMILES string of the molecule is CCCCC/C=C\C/C=C\CCCCCCCC(=O)OC(COCCCCCCCCCCCCCCCC/C=C\C/C=C\CCCCCCC)COP(=O)([O-])OCC[N+](C)(C)C. The molecule has 0 saturated heterocycles. The van der Waals surface area contributed by atoms with Gasteiger partial charge in [-0.2, -0.15) is 0 Å². The van der Waals surface area contributed by atoms with Gasteiger partial charge in [0.1, 0.15) is 19.3 Å². The Balaban J connectivity index is 4.07. The van der Waals surface area contributed by atoms with Crippen LogP contribution in [0.2, 0.25) is 0 Å². The van der Waals surface area contributed by atoms with E-state index < -0.39 is 13.9 Å². The summed E-state index contributed by atoms with van der Waals surface area (Å²) < 4.78 is 34.7. The highest BCUT2D eigenvalue weighted by atomic mass is 31.2. The molecule has 0 aliphatic heterocycles. The number of phosphoric acid groups is 1.